The maximum Gasteiger partial charge on any atom is 0.190 e. The van der Waals surface area contributed by atoms with Crippen molar-refractivity contribution in [2.24, 2.45) is 37.2 Å². The van der Waals surface area contributed by atoms with Crippen molar-refractivity contribution in [3.8, 4) is 0 Å². The molecular formula is C28H32N4O. The second kappa shape index (κ2) is 8.29. The lowest BCUT2D eigenvalue weighted by molar-refractivity contribution is -0.126. The predicted molar refractivity (Wildman–Crippen MR) is 134 cm³/mol. The Labute approximate surface area is 196 Å². The maximum absolute atomic E-state index is 13.8. The maximum atomic E-state index is 13.8. The van der Waals surface area contributed by atoms with Crippen LogP contribution in [0.2, 0.25) is 0 Å². The molecule has 2 aliphatic rings. The Morgan fingerprint density at radius 3 is 1.94 bits per heavy atom. The summed E-state index contributed by atoms with van der Waals surface area (Å²) in [6.07, 6.45) is 1.93. The molecule has 33 heavy (non-hydrogen) atoms. The van der Waals surface area contributed by atoms with E-state index < -0.39 is 11.0 Å². The van der Waals surface area contributed by atoms with Gasteiger partial charge in [0, 0.05) is 16.7 Å². The van der Waals surface area contributed by atoms with Gasteiger partial charge in [-0.05, 0) is 16.9 Å². The van der Waals surface area contributed by atoms with E-state index in [0.29, 0.717) is 6.54 Å². The van der Waals surface area contributed by atoms with E-state index in [-0.39, 0.29) is 17.1 Å². The zero-order valence-electron chi connectivity index (χ0n) is 20.3. The summed E-state index contributed by atoms with van der Waals surface area (Å²) < 4.78 is 0. The minimum absolute atomic E-state index is 0.0584. The van der Waals surface area contributed by atoms with Crippen LogP contribution in [-0.4, -0.2) is 29.3 Å². The van der Waals surface area contributed by atoms with Gasteiger partial charge >= 0.3 is 0 Å². The number of carbonyl (C=O) groups excluding carboxylic acids is 1. The van der Waals surface area contributed by atoms with Gasteiger partial charge in [0.2, 0.25) is 0 Å². The third-order valence-corrected chi connectivity index (χ3v) is 6.55. The molecule has 0 saturated heterocycles. The second-order valence-corrected chi connectivity index (χ2v) is 10.8. The first-order valence-electron chi connectivity index (χ1n) is 11.5. The van der Waals surface area contributed by atoms with Crippen molar-refractivity contribution >= 4 is 17.2 Å². The van der Waals surface area contributed by atoms with Crippen LogP contribution < -0.4 is 0 Å². The zero-order valence-corrected chi connectivity index (χ0v) is 20.3. The smallest absolute Gasteiger partial charge is 0.190 e. The molecule has 0 fully saturated rings. The van der Waals surface area contributed by atoms with Crippen LogP contribution >= 0.6 is 0 Å². The molecule has 0 saturated carbocycles. The molecule has 0 aromatic heterocycles. The SMILES string of the molecule is CC(C)(C)C1=C/C(=N/N=C(c2ccccc2)c2ccccc2)[C@H]2CN=N[C@@]2(C(C)(C)C)C1=O. The Morgan fingerprint density at radius 2 is 1.45 bits per heavy atom. The Hall–Kier alpha value is -3.21. The molecule has 0 radical (unpaired) electrons. The molecule has 0 unspecified atom stereocenters. The highest BCUT2D eigenvalue weighted by molar-refractivity contribution is 6.18. The number of ketones is 1. The first-order valence-corrected chi connectivity index (χ1v) is 11.5. The topological polar surface area (TPSA) is 66.5 Å². The van der Waals surface area contributed by atoms with E-state index in [9.17, 15) is 4.79 Å². The molecule has 1 aliphatic heterocycles. The minimum atomic E-state index is -0.960. The molecule has 2 atom stereocenters. The first-order chi connectivity index (χ1) is 15.6. The number of Topliss-reactive ketones (excluding diaryl/α,β-unsaturated/α-hetero) is 1. The average molecular weight is 441 g/mol. The molecule has 0 spiro atoms. The summed E-state index contributed by atoms with van der Waals surface area (Å²) in [4.78, 5) is 13.8. The highest BCUT2D eigenvalue weighted by atomic mass is 16.1. The van der Waals surface area contributed by atoms with Gasteiger partial charge in [-0.2, -0.15) is 15.3 Å². The number of hydrogen-bond donors (Lipinski definition) is 0. The lowest BCUT2D eigenvalue weighted by Crippen LogP contribution is -2.58. The number of azo groups is 1. The first kappa shape index (κ1) is 23.0. The lowest BCUT2D eigenvalue weighted by Gasteiger charge is -2.45. The standard InChI is InChI=1S/C28H32N4O/c1-26(2,3)21-17-23(22-18-29-32-28(22,25(21)33)27(4,5)6)30-31-24(19-13-9-7-10-14-19)20-15-11-8-12-16-20/h7-17,22H,18H2,1-6H3/b30-23-/t22-,28-/m1/s1. The third kappa shape index (κ3) is 4.01. The summed E-state index contributed by atoms with van der Waals surface area (Å²) >= 11 is 0. The van der Waals surface area contributed by atoms with Gasteiger partial charge in [-0.15, -0.1) is 5.10 Å². The van der Waals surface area contributed by atoms with Crippen molar-refractivity contribution in [1.82, 2.24) is 0 Å². The van der Waals surface area contributed by atoms with Gasteiger partial charge in [0.25, 0.3) is 0 Å². The highest BCUT2D eigenvalue weighted by Crippen LogP contribution is 2.51. The van der Waals surface area contributed by atoms with Gasteiger partial charge < -0.3 is 0 Å². The monoisotopic (exact) mass is 440 g/mol. The van der Waals surface area contributed by atoms with Crippen LogP contribution in [0.25, 0.3) is 0 Å². The fourth-order valence-corrected chi connectivity index (χ4v) is 4.72. The van der Waals surface area contributed by atoms with Crippen LogP contribution in [0.5, 0.6) is 0 Å². The number of nitrogens with zero attached hydrogens (tertiary/aromatic N) is 4. The molecule has 2 aromatic carbocycles. The summed E-state index contributed by atoms with van der Waals surface area (Å²) in [5.74, 6) is -0.171. The lowest BCUT2D eigenvalue weighted by atomic mass is 9.57. The van der Waals surface area contributed by atoms with E-state index in [2.05, 4.69) is 51.8 Å². The summed E-state index contributed by atoms with van der Waals surface area (Å²) in [5.41, 5.74) is 2.55. The van der Waals surface area contributed by atoms with Crippen molar-refractivity contribution in [2.45, 2.75) is 47.1 Å². The molecule has 1 aliphatic carbocycles. The molecular weight excluding hydrogens is 408 g/mol. The van der Waals surface area contributed by atoms with Gasteiger partial charge in [0.1, 0.15) is 5.71 Å². The van der Waals surface area contributed by atoms with Crippen LogP contribution in [0.4, 0.5) is 0 Å². The molecule has 0 amide bonds. The van der Waals surface area contributed by atoms with Crippen LogP contribution in [-0.2, 0) is 4.79 Å². The summed E-state index contributed by atoms with van der Waals surface area (Å²) in [5, 5.41) is 18.5. The Balaban J connectivity index is 1.92. The summed E-state index contributed by atoms with van der Waals surface area (Å²) in [6, 6.07) is 20.1. The van der Waals surface area contributed by atoms with Gasteiger partial charge in [0.15, 0.2) is 11.3 Å². The molecule has 0 N–H and O–H groups in total. The fourth-order valence-electron chi connectivity index (χ4n) is 4.72. The Morgan fingerprint density at radius 1 is 0.909 bits per heavy atom. The Kier molecular flexibility index (Phi) is 5.77. The summed E-state index contributed by atoms with van der Waals surface area (Å²) in [6.45, 7) is 12.8. The van der Waals surface area contributed by atoms with Crippen molar-refractivity contribution in [2.75, 3.05) is 6.54 Å². The zero-order chi connectivity index (χ0) is 23.9. The van der Waals surface area contributed by atoms with Crippen LogP contribution in [0.3, 0.4) is 0 Å². The normalized spacial score (nSPS) is 23.9. The van der Waals surface area contributed by atoms with E-state index >= 15 is 0 Å². The highest BCUT2D eigenvalue weighted by Gasteiger charge is 2.61. The quantitative estimate of drug-likeness (QED) is 0.408. The van der Waals surface area contributed by atoms with E-state index in [1.165, 1.54) is 0 Å². The van der Waals surface area contributed by atoms with Crippen molar-refractivity contribution in [1.29, 1.82) is 0 Å². The molecule has 4 rings (SSSR count). The van der Waals surface area contributed by atoms with Crippen LogP contribution in [0.15, 0.2) is 92.7 Å². The number of fused-ring (bicyclic) bond motifs is 1. The molecule has 5 nitrogen and oxygen atoms in total. The van der Waals surface area contributed by atoms with E-state index in [4.69, 9.17) is 10.2 Å². The van der Waals surface area contributed by atoms with E-state index in [1.54, 1.807) is 0 Å². The minimum Gasteiger partial charge on any atom is -0.292 e. The molecule has 5 heteroatoms. The third-order valence-electron chi connectivity index (χ3n) is 6.55. The van der Waals surface area contributed by atoms with E-state index in [0.717, 1.165) is 28.1 Å². The average Bonchev–Trinajstić information content (AvgIpc) is 3.23. The van der Waals surface area contributed by atoms with Gasteiger partial charge in [-0.3, -0.25) is 4.79 Å². The van der Waals surface area contributed by atoms with Crippen LogP contribution in [0, 0.1) is 16.7 Å². The number of hydrogen-bond acceptors (Lipinski definition) is 5. The largest absolute Gasteiger partial charge is 0.292 e. The van der Waals surface area contributed by atoms with Crippen molar-refractivity contribution < 1.29 is 4.79 Å². The number of carbonyl (C=O) groups is 1. The van der Waals surface area contributed by atoms with Crippen molar-refractivity contribution in [3.63, 3.8) is 0 Å². The molecule has 0 bridgehead atoms. The van der Waals surface area contributed by atoms with Gasteiger partial charge in [-0.1, -0.05) is 102 Å². The van der Waals surface area contributed by atoms with Gasteiger partial charge in [0.05, 0.1) is 18.2 Å². The number of rotatable bonds is 3. The van der Waals surface area contributed by atoms with E-state index in [1.807, 2.05) is 66.7 Å². The number of benzene rings is 2. The predicted octanol–water partition coefficient (Wildman–Crippen LogP) is 6.30. The fraction of sp³-hybridized carbons (Fsp3) is 0.393. The molecule has 170 valence electrons. The number of allylic oxidation sites excluding steroid dienone is 1. The van der Waals surface area contributed by atoms with Gasteiger partial charge in [-0.25, -0.2) is 0 Å². The molecule has 1 heterocycles. The summed E-state index contributed by atoms with van der Waals surface area (Å²) in [7, 11) is 0. The van der Waals surface area contributed by atoms with Crippen molar-refractivity contribution in [3.05, 3.63) is 83.4 Å². The Bertz CT molecular complexity index is 1120. The van der Waals surface area contributed by atoms with Crippen LogP contribution in [0.1, 0.15) is 52.7 Å². The molecule has 2 aromatic rings. The second-order valence-electron chi connectivity index (χ2n) is 10.8.